The molecule has 1 amide bonds. The molecular formula is C15H19N5O3. The number of hydrogen-bond acceptors (Lipinski definition) is 5. The summed E-state index contributed by atoms with van der Waals surface area (Å²) in [6.45, 7) is 3.05. The van der Waals surface area contributed by atoms with Crippen molar-refractivity contribution in [3.8, 4) is 12.3 Å². The molecule has 0 aliphatic carbocycles. The van der Waals surface area contributed by atoms with Gasteiger partial charge in [0.1, 0.15) is 0 Å². The lowest BCUT2D eigenvalue weighted by Crippen LogP contribution is -2.36. The number of rotatable bonds is 8. The van der Waals surface area contributed by atoms with Crippen LogP contribution in [0.15, 0.2) is 22.5 Å². The molecule has 0 bridgehead atoms. The molecule has 0 radical (unpaired) electrons. The molecule has 0 atom stereocenters. The molecule has 1 aromatic heterocycles. The number of nitrogens with one attached hydrogen (secondary N) is 1. The molecule has 0 aromatic carbocycles. The number of carboxylic acid groups (broad SMARTS) is 1. The highest BCUT2D eigenvalue weighted by Crippen LogP contribution is 2.37. The van der Waals surface area contributed by atoms with Gasteiger partial charge in [-0.2, -0.15) is 15.3 Å². The van der Waals surface area contributed by atoms with Crippen molar-refractivity contribution in [1.82, 2.24) is 9.78 Å². The zero-order valence-electron chi connectivity index (χ0n) is 13.1. The Morgan fingerprint density at radius 2 is 2.13 bits per heavy atom. The van der Waals surface area contributed by atoms with Gasteiger partial charge in [0.25, 0.3) is 0 Å². The normalized spacial score (nSPS) is 15.0. The average molecular weight is 317 g/mol. The highest BCUT2D eigenvalue weighted by atomic mass is 16.4. The second-order valence-corrected chi connectivity index (χ2v) is 5.94. The Hall–Kier alpha value is -2.69. The van der Waals surface area contributed by atoms with Crippen LogP contribution in [0, 0.1) is 12.3 Å². The fourth-order valence-corrected chi connectivity index (χ4v) is 1.99. The first-order chi connectivity index (χ1) is 10.8. The molecule has 0 saturated carbocycles. The van der Waals surface area contributed by atoms with Crippen LogP contribution in [-0.2, 0) is 15.1 Å². The molecule has 2 rings (SSSR count). The van der Waals surface area contributed by atoms with Gasteiger partial charge in [0.15, 0.2) is 17.0 Å². The van der Waals surface area contributed by atoms with Crippen LogP contribution in [-0.4, -0.2) is 32.4 Å². The van der Waals surface area contributed by atoms with Crippen LogP contribution in [0.5, 0.6) is 0 Å². The minimum Gasteiger partial charge on any atom is -0.479 e. The summed E-state index contributed by atoms with van der Waals surface area (Å²) in [5.74, 6) is 1.62. The molecule has 1 aliphatic heterocycles. The molecule has 8 nitrogen and oxygen atoms in total. The first-order valence-corrected chi connectivity index (χ1v) is 7.26. The van der Waals surface area contributed by atoms with Crippen molar-refractivity contribution in [3.63, 3.8) is 0 Å². The van der Waals surface area contributed by atoms with Gasteiger partial charge in [-0.3, -0.25) is 9.48 Å². The van der Waals surface area contributed by atoms with E-state index in [1.807, 2.05) is 0 Å². The van der Waals surface area contributed by atoms with Gasteiger partial charge >= 0.3 is 5.97 Å². The summed E-state index contributed by atoms with van der Waals surface area (Å²) in [6, 6.07) is 1.56. The fourth-order valence-electron chi connectivity index (χ4n) is 1.99. The number of terminal acetylenes is 1. The van der Waals surface area contributed by atoms with Crippen LogP contribution < -0.4 is 5.32 Å². The molecule has 0 saturated heterocycles. The predicted molar refractivity (Wildman–Crippen MR) is 82.7 cm³/mol. The third-order valence-corrected chi connectivity index (χ3v) is 3.76. The van der Waals surface area contributed by atoms with Crippen molar-refractivity contribution < 1.29 is 14.7 Å². The standard InChI is InChI=1S/C15H19N5O3/c1-4-5-8-15(18-19-15)9-6-12(21)16-11-7-10-20(17-11)14(2,3)13(22)23/h1,7,10H,5-6,8-9H2,2-3H3,(H,22,23)(H,16,17,21). The van der Waals surface area contributed by atoms with Crippen molar-refractivity contribution in [2.24, 2.45) is 10.2 Å². The maximum absolute atomic E-state index is 12.0. The van der Waals surface area contributed by atoms with Gasteiger partial charge in [0.2, 0.25) is 5.91 Å². The summed E-state index contributed by atoms with van der Waals surface area (Å²) < 4.78 is 1.30. The van der Waals surface area contributed by atoms with Gasteiger partial charge in [-0.1, -0.05) is 0 Å². The van der Waals surface area contributed by atoms with E-state index in [9.17, 15) is 9.59 Å². The van der Waals surface area contributed by atoms with E-state index < -0.39 is 17.2 Å². The van der Waals surface area contributed by atoms with Crippen LogP contribution in [0.1, 0.15) is 39.5 Å². The number of aliphatic carboxylic acids is 1. The molecule has 1 aliphatic rings. The second-order valence-electron chi connectivity index (χ2n) is 5.94. The third kappa shape index (κ3) is 3.94. The Bertz CT molecular complexity index is 678. The number of carbonyl (C=O) groups is 2. The molecule has 8 heteroatoms. The van der Waals surface area contributed by atoms with Gasteiger partial charge in [-0.05, 0) is 13.8 Å². The number of carboxylic acids is 1. The van der Waals surface area contributed by atoms with E-state index >= 15 is 0 Å². The second kappa shape index (κ2) is 6.20. The topological polar surface area (TPSA) is 109 Å². The summed E-state index contributed by atoms with van der Waals surface area (Å²) in [6.07, 6.45) is 8.70. The molecule has 23 heavy (non-hydrogen) atoms. The lowest BCUT2D eigenvalue weighted by atomic mass is 10.0. The number of hydrogen-bond donors (Lipinski definition) is 2. The summed E-state index contributed by atoms with van der Waals surface area (Å²) in [7, 11) is 0. The van der Waals surface area contributed by atoms with Crippen LogP contribution in [0.2, 0.25) is 0 Å². The van der Waals surface area contributed by atoms with Gasteiger partial charge in [-0.15, -0.1) is 12.3 Å². The lowest BCUT2D eigenvalue weighted by Gasteiger charge is -2.19. The van der Waals surface area contributed by atoms with Crippen LogP contribution >= 0.6 is 0 Å². The van der Waals surface area contributed by atoms with Gasteiger partial charge in [-0.25, -0.2) is 4.79 Å². The molecule has 2 heterocycles. The van der Waals surface area contributed by atoms with Crippen LogP contribution in [0.3, 0.4) is 0 Å². The Balaban J connectivity index is 1.86. The van der Waals surface area contributed by atoms with Crippen molar-refractivity contribution in [1.29, 1.82) is 0 Å². The monoisotopic (exact) mass is 317 g/mol. The summed E-state index contributed by atoms with van der Waals surface area (Å²) >= 11 is 0. The Labute approximate surface area is 134 Å². The molecule has 0 fully saturated rings. The number of anilines is 1. The molecule has 122 valence electrons. The van der Waals surface area contributed by atoms with Crippen molar-refractivity contribution in [3.05, 3.63) is 12.3 Å². The maximum Gasteiger partial charge on any atom is 0.331 e. The van der Waals surface area contributed by atoms with E-state index in [1.165, 1.54) is 24.7 Å². The highest BCUT2D eigenvalue weighted by Gasteiger charge is 2.39. The molecular weight excluding hydrogens is 298 g/mol. The number of carbonyl (C=O) groups excluding carboxylic acids is 1. The Morgan fingerprint density at radius 1 is 1.43 bits per heavy atom. The van der Waals surface area contributed by atoms with E-state index in [2.05, 4.69) is 26.6 Å². The summed E-state index contributed by atoms with van der Waals surface area (Å²) in [5, 5.41) is 23.8. The van der Waals surface area contributed by atoms with E-state index in [0.717, 1.165) is 0 Å². The maximum atomic E-state index is 12.0. The smallest absolute Gasteiger partial charge is 0.331 e. The number of aromatic nitrogens is 2. The minimum atomic E-state index is -1.19. The van der Waals surface area contributed by atoms with Crippen molar-refractivity contribution in [2.45, 2.75) is 50.7 Å². The Morgan fingerprint density at radius 3 is 2.70 bits per heavy atom. The first-order valence-electron chi connectivity index (χ1n) is 7.26. The zero-order valence-corrected chi connectivity index (χ0v) is 13.1. The summed E-state index contributed by atoms with van der Waals surface area (Å²) in [5.41, 5.74) is -1.68. The molecule has 2 N–H and O–H groups in total. The predicted octanol–water partition coefficient (Wildman–Crippen LogP) is 2.00. The minimum absolute atomic E-state index is 0.222. The zero-order chi connectivity index (χ0) is 17.1. The van der Waals surface area contributed by atoms with Crippen LogP contribution in [0.25, 0.3) is 0 Å². The molecule has 0 unspecified atom stereocenters. The molecule has 1 aromatic rings. The van der Waals surface area contributed by atoms with Crippen molar-refractivity contribution in [2.75, 3.05) is 5.32 Å². The van der Waals surface area contributed by atoms with Gasteiger partial charge < -0.3 is 10.4 Å². The van der Waals surface area contributed by atoms with Gasteiger partial charge in [0, 0.05) is 37.9 Å². The lowest BCUT2D eigenvalue weighted by molar-refractivity contribution is -0.146. The largest absolute Gasteiger partial charge is 0.479 e. The van der Waals surface area contributed by atoms with Crippen LogP contribution in [0.4, 0.5) is 5.82 Å². The first kappa shape index (κ1) is 16.7. The van der Waals surface area contributed by atoms with Crippen molar-refractivity contribution >= 4 is 17.7 Å². The van der Waals surface area contributed by atoms with E-state index in [0.29, 0.717) is 25.1 Å². The number of nitrogens with zero attached hydrogens (tertiary/aromatic N) is 4. The Kier molecular flexibility index (Phi) is 4.50. The fraction of sp³-hybridized carbons (Fsp3) is 0.533. The molecule has 0 spiro atoms. The van der Waals surface area contributed by atoms with Gasteiger partial charge in [0.05, 0.1) is 0 Å². The quantitative estimate of drug-likeness (QED) is 0.714. The highest BCUT2D eigenvalue weighted by molar-refractivity contribution is 5.89. The summed E-state index contributed by atoms with van der Waals surface area (Å²) in [4.78, 5) is 23.1. The van der Waals surface area contributed by atoms with E-state index in [-0.39, 0.29) is 12.3 Å². The third-order valence-electron chi connectivity index (χ3n) is 3.76. The van der Waals surface area contributed by atoms with E-state index in [1.54, 1.807) is 6.07 Å². The average Bonchev–Trinajstić information content (AvgIpc) is 3.12. The van der Waals surface area contributed by atoms with E-state index in [4.69, 9.17) is 11.5 Å². The number of amides is 1. The SMILES string of the molecule is C#CCCC1(CCC(=O)Nc2ccn(C(C)(C)C(=O)O)n2)N=N1.